The number of nitrogens with two attached hydrogens (primary N) is 1. The van der Waals surface area contributed by atoms with Crippen molar-refractivity contribution in [1.82, 2.24) is 4.31 Å². The Kier molecular flexibility index (Phi) is 5.68. The number of allylic oxidation sites excluding steroid dienone is 1. The molecule has 8 heteroatoms. The zero-order valence-electron chi connectivity index (χ0n) is 11.8. The summed E-state index contributed by atoms with van der Waals surface area (Å²) in [5, 5.41) is 11.1. The van der Waals surface area contributed by atoms with Crippen molar-refractivity contribution >= 4 is 29.6 Å². The summed E-state index contributed by atoms with van der Waals surface area (Å²) in [7, 11) is 0. The summed E-state index contributed by atoms with van der Waals surface area (Å²) in [5.41, 5.74) is 6.42. The number of nitrogens with zero attached hydrogens (tertiary/aromatic N) is 3. The Morgan fingerprint density at radius 2 is 2.23 bits per heavy atom. The van der Waals surface area contributed by atoms with E-state index < -0.39 is 0 Å². The predicted molar refractivity (Wildman–Crippen MR) is 85.8 cm³/mol. The van der Waals surface area contributed by atoms with Gasteiger partial charge in [0.2, 0.25) is 0 Å². The highest BCUT2D eigenvalue weighted by Gasteiger charge is 2.19. The van der Waals surface area contributed by atoms with Crippen molar-refractivity contribution < 1.29 is 9.72 Å². The fourth-order valence-electron chi connectivity index (χ4n) is 2.00. The van der Waals surface area contributed by atoms with Gasteiger partial charge in [0, 0.05) is 19.2 Å². The first kappa shape index (κ1) is 16.2. The number of hydrogen-bond donors (Lipinski definition) is 1. The smallest absolute Gasteiger partial charge is 0.284 e. The quantitative estimate of drug-likeness (QED) is 0.292. The number of aliphatic imine (C=N–C) groups is 1. The van der Waals surface area contributed by atoms with Crippen LogP contribution in [0.1, 0.15) is 6.42 Å². The third kappa shape index (κ3) is 4.40. The third-order valence-corrected chi connectivity index (χ3v) is 4.09. The molecule has 0 unspecified atom stereocenters. The fraction of sp³-hybridized carbons (Fsp3) is 0.286. The summed E-state index contributed by atoms with van der Waals surface area (Å²) in [6.45, 7) is 1.87. The number of nitro benzene ring substituents is 1. The lowest BCUT2D eigenvalue weighted by molar-refractivity contribution is -0.387. The van der Waals surface area contributed by atoms with Gasteiger partial charge in [-0.05, 0) is 30.5 Å². The van der Waals surface area contributed by atoms with Gasteiger partial charge in [-0.2, -0.15) is 0 Å². The summed E-state index contributed by atoms with van der Waals surface area (Å²) in [6.07, 6.45) is 2.96. The van der Waals surface area contributed by atoms with Crippen molar-refractivity contribution in [1.29, 1.82) is 0 Å². The predicted octanol–water partition coefficient (Wildman–Crippen LogP) is 1.79. The van der Waals surface area contributed by atoms with Crippen molar-refractivity contribution in [2.24, 2.45) is 10.7 Å². The maximum Gasteiger partial charge on any atom is 0.284 e. The lowest BCUT2D eigenvalue weighted by Gasteiger charge is -2.18. The summed E-state index contributed by atoms with van der Waals surface area (Å²) in [4.78, 5) is 26.2. The highest BCUT2D eigenvalue weighted by atomic mass is 32.2. The van der Waals surface area contributed by atoms with Crippen LogP contribution < -0.4 is 5.73 Å². The summed E-state index contributed by atoms with van der Waals surface area (Å²) in [6, 6.07) is 6.62. The topological polar surface area (TPSA) is 102 Å². The molecule has 1 aliphatic rings. The molecular weight excluding hydrogens is 304 g/mol. The molecule has 2 N–H and O–H groups in total. The van der Waals surface area contributed by atoms with E-state index in [9.17, 15) is 14.9 Å². The molecule has 116 valence electrons. The Morgan fingerprint density at radius 1 is 1.45 bits per heavy atom. The zero-order chi connectivity index (χ0) is 15.9. The van der Waals surface area contributed by atoms with E-state index in [2.05, 4.69) is 4.99 Å². The normalized spacial score (nSPS) is 16.7. The van der Waals surface area contributed by atoms with Crippen LogP contribution in [0.15, 0.2) is 45.9 Å². The first-order chi connectivity index (χ1) is 10.6. The minimum Gasteiger partial charge on any atom is -0.396 e. The minimum atomic E-state index is -0.389. The summed E-state index contributed by atoms with van der Waals surface area (Å²) >= 11 is 1.32. The van der Waals surface area contributed by atoms with Crippen LogP contribution in [0.3, 0.4) is 0 Å². The molecule has 2 rings (SSSR count). The lowest BCUT2D eigenvalue weighted by atomic mass is 10.3. The van der Waals surface area contributed by atoms with Crippen molar-refractivity contribution in [3.05, 3.63) is 46.2 Å². The number of aldehydes is 1. The van der Waals surface area contributed by atoms with Crippen molar-refractivity contribution in [3.8, 4) is 0 Å². The second-order valence-corrected chi connectivity index (χ2v) is 5.81. The highest BCUT2D eigenvalue weighted by Crippen LogP contribution is 2.31. The molecule has 0 saturated carbocycles. The van der Waals surface area contributed by atoms with E-state index in [1.54, 1.807) is 24.3 Å². The zero-order valence-corrected chi connectivity index (χ0v) is 12.7. The van der Waals surface area contributed by atoms with E-state index in [4.69, 9.17) is 5.73 Å². The van der Waals surface area contributed by atoms with Gasteiger partial charge in [0.1, 0.15) is 4.90 Å². The third-order valence-electron chi connectivity index (χ3n) is 2.98. The number of rotatable bonds is 5. The molecule has 1 aromatic carbocycles. The van der Waals surface area contributed by atoms with Crippen molar-refractivity contribution in [2.45, 2.75) is 11.3 Å². The van der Waals surface area contributed by atoms with Crippen LogP contribution in [0.2, 0.25) is 0 Å². The van der Waals surface area contributed by atoms with Gasteiger partial charge in [0.25, 0.3) is 5.69 Å². The van der Waals surface area contributed by atoms with Crippen LogP contribution in [0.5, 0.6) is 0 Å². The molecule has 0 spiro atoms. The standard InChI is InChI=1S/C14H16N4O3S/c15-11(10-19)8-12-9-17(7-3-6-16-12)22-14-5-2-1-4-13(14)18(20)21/h1-2,4-5,8,10H,3,6-7,9,15H2/b11-8-. The van der Waals surface area contributed by atoms with Crippen LogP contribution in [-0.2, 0) is 4.79 Å². The van der Waals surface area contributed by atoms with Crippen LogP contribution >= 0.6 is 11.9 Å². The molecule has 0 bridgehead atoms. The van der Waals surface area contributed by atoms with Gasteiger partial charge in [-0.1, -0.05) is 12.1 Å². The Balaban J connectivity index is 2.14. The fourth-order valence-corrected chi connectivity index (χ4v) is 3.07. The summed E-state index contributed by atoms with van der Waals surface area (Å²) in [5.74, 6) is 0. The largest absolute Gasteiger partial charge is 0.396 e. The molecule has 0 amide bonds. The molecule has 0 aliphatic carbocycles. The monoisotopic (exact) mass is 320 g/mol. The number of nitro groups is 1. The van der Waals surface area contributed by atoms with Gasteiger partial charge in [-0.3, -0.25) is 19.9 Å². The SMILES string of the molecule is N/C(C=O)=C\C1=NCCCN(Sc2ccccc2[N+](=O)[O-])C1. The van der Waals surface area contributed by atoms with E-state index in [0.717, 1.165) is 13.0 Å². The molecule has 7 nitrogen and oxygen atoms in total. The highest BCUT2D eigenvalue weighted by molar-refractivity contribution is 7.97. The second-order valence-electron chi connectivity index (χ2n) is 4.67. The maximum atomic E-state index is 11.1. The number of para-hydroxylation sites is 1. The molecule has 0 aromatic heterocycles. The molecular formula is C14H16N4O3S. The molecule has 1 heterocycles. The molecule has 1 aromatic rings. The van der Waals surface area contributed by atoms with E-state index in [1.165, 1.54) is 18.0 Å². The van der Waals surface area contributed by atoms with Gasteiger partial charge in [0.15, 0.2) is 6.29 Å². The van der Waals surface area contributed by atoms with Gasteiger partial charge in [-0.25, -0.2) is 4.31 Å². The molecule has 0 fully saturated rings. The van der Waals surface area contributed by atoms with Crippen molar-refractivity contribution in [2.75, 3.05) is 19.6 Å². The number of benzene rings is 1. The summed E-state index contributed by atoms with van der Waals surface area (Å²) < 4.78 is 1.99. The Labute approximate surface area is 132 Å². The van der Waals surface area contributed by atoms with Gasteiger partial charge >= 0.3 is 0 Å². The Bertz CT molecular complexity index is 630. The maximum absolute atomic E-state index is 11.1. The molecule has 1 aliphatic heterocycles. The molecule has 0 saturated heterocycles. The Morgan fingerprint density at radius 3 is 2.95 bits per heavy atom. The average molecular weight is 320 g/mol. The van der Waals surface area contributed by atoms with Gasteiger partial charge in [0.05, 0.1) is 22.9 Å². The van der Waals surface area contributed by atoms with Gasteiger partial charge in [-0.15, -0.1) is 0 Å². The first-order valence-electron chi connectivity index (χ1n) is 6.72. The van der Waals surface area contributed by atoms with E-state index in [-0.39, 0.29) is 16.3 Å². The second kappa shape index (κ2) is 7.71. The number of carbonyl (C=O) groups is 1. The molecule has 0 radical (unpaired) electrons. The minimum absolute atomic E-state index is 0.0817. The first-order valence-corrected chi connectivity index (χ1v) is 7.49. The van der Waals surface area contributed by atoms with Crippen LogP contribution in [0.4, 0.5) is 5.69 Å². The molecule has 0 atom stereocenters. The van der Waals surface area contributed by atoms with E-state index in [1.807, 2.05) is 4.31 Å². The molecule has 22 heavy (non-hydrogen) atoms. The van der Waals surface area contributed by atoms with Crippen LogP contribution in [0.25, 0.3) is 0 Å². The number of carbonyl (C=O) groups excluding carboxylic acids is 1. The van der Waals surface area contributed by atoms with Crippen LogP contribution in [0, 0.1) is 10.1 Å². The number of hydrogen-bond acceptors (Lipinski definition) is 7. The van der Waals surface area contributed by atoms with Crippen molar-refractivity contribution in [3.63, 3.8) is 0 Å². The van der Waals surface area contributed by atoms with E-state index >= 15 is 0 Å². The lowest BCUT2D eigenvalue weighted by Crippen LogP contribution is -2.23. The van der Waals surface area contributed by atoms with Gasteiger partial charge < -0.3 is 5.73 Å². The van der Waals surface area contributed by atoms with Crippen LogP contribution in [-0.4, -0.2) is 40.9 Å². The average Bonchev–Trinajstić information content (AvgIpc) is 2.72. The van der Waals surface area contributed by atoms with E-state index in [0.29, 0.717) is 30.0 Å². The Hall–Kier alpha value is -2.19.